The van der Waals surface area contributed by atoms with Crippen molar-refractivity contribution in [1.29, 1.82) is 0 Å². The third kappa shape index (κ3) is 5.97. The quantitative estimate of drug-likeness (QED) is 0.655. The Morgan fingerprint density at radius 1 is 1.07 bits per heavy atom. The van der Waals surface area contributed by atoms with E-state index in [-0.39, 0.29) is 0 Å². The number of hydrogen-bond donors (Lipinski definition) is 1. The van der Waals surface area contributed by atoms with Crippen LogP contribution in [0.25, 0.3) is 0 Å². The fourth-order valence-electron chi connectivity index (χ4n) is 3.82. The first-order chi connectivity index (χ1) is 13.3. The second-order valence-electron chi connectivity index (χ2n) is 7.57. The average Bonchev–Trinajstić information content (AvgIpc) is 2.67. The number of nitrogens with zero attached hydrogens (tertiary/aromatic N) is 1. The van der Waals surface area contributed by atoms with Crippen LogP contribution < -0.4 is 0 Å². The number of aryl methyl sites for hydroxylation is 1. The van der Waals surface area contributed by atoms with E-state index in [0.717, 1.165) is 62.0 Å². The van der Waals surface area contributed by atoms with Gasteiger partial charge in [-0.25, -0.2) is 0 Å². The van der Waals surface area contributed by atoms with Crippen molar-refractivity contribution in [1.82, 2.24) is 4.90 Å². The largest absolute Gasteiger partial charge is 0.416 e. The van der Waals surface area contributed by atoms with Gasteiger partial charge in [-0.1, -0.05) is 35.9 Å². The molecule has 3 rings (SSSR count). The summed E-state index contributed by atoms with van der Waals surface area (Å²) in [5.74, 6) is 0.494. The summed E-state index contributed by atoms with van der Waals surface area (Å²) in [6.07, 6.45) is -0.923. The molecule has 2 nitrogen and oxygen atoms in total. The molecule has 2 aromatic carbocycles. The Hall–Kier alpha value is -1.56. The topological polar surface area (TPSA) is 23.5 Å². The maximum Gasteiger partial charge on any atom is 0.416 e. The van der Waals surface area contributed by atoms with Crippen LogP contribution in [0.15, 0.2) is 48.5 Å². The molecule has 2 aromatic rings. The molecule has 0 bridgehead atoms. The van der Waals surface area contributed by atoms with E-state index in [0.29, 0.717) is 17.5 Å². The molecule has 0 amide bonds. The van der Waals surface area contributed by atoms with E-state index < -0.39 is 17.8 Å². The molecule has 0 radical (unpaired) electrons. The summed E-state index contributed by atoms with van der Waals surface area (Å²) in [7, 11) is 0. The predicted octanol–water partition coefficient (Wildman–Crippen LogP) is 5.74. The van der Waals surface area contributed by atoms with Gasteiger partial charge in [0.15, 0.2) is 0 Å². The molecule has 2 atom stereocenters. The molecule has 0 aliphatic carbocycles. The number of β-amino-alcohol motifs (C(OH)–C–C–N with tert-alkyl or cyclic N) is 1. The van der Waals surface area contributed by atoms with Crippen molar-refractivity contribution in [3.8, 4) is 0 Å². The highest BCUT2D eigenvalue weighted by Gasteiger charge is 2.30. The minimum Gasteiger partial charge on any atom is -0.387 e. The maximum atomic E-state index is 12.7. The van der Waals surface area contributed by atoms with Gasteiger partial charge in [0, 0.05) is 18.1 Å². The fourth-order valence-corrected chi connectivity index (χ4v) is 3.94. The van der Waals surface area contributed by atoms with Crippen LogP contribution in [0.1, 0.15) is 42.1 Å². The molecule has 0 aromatic heterocycles. The summed E-state index contributed by atoms with van der Waals surface area (Å²) in [5, 5.41) is 11.1. The zero-order valence-corrected chi connectivity index (χ0v) is 16.4. The van der Waals surface area contributed by atoms with Crippen molar-refractivity contribution < 1.29 is 18.3 Å². The van der Waals surface area contributed by atoms with Crippen LogP contribution in [0.4, 0.5) is 13.2 Å². The Kier molecular flexibility index (Phi) is 7.02. The highest BCUT2D eigenvalue weighted by molar-refractivity contribution is 6.30. The summed E-state index contributed by atoms with van der Waals surface area (Å²) in [6, 6.07) is 12.7. The van der Waals surface area contributed by atoms with Crippen LogP contribution in [0.2, 0.25) is 5.02 Å². The number of piperidine rings is 1. The zero-order valence-electron chi connectivity index (χ0n) is 15.6. The molecular weight excluding hydrogens is 387 g/mol. The summed E-state index contributed by atoms with van der Waals surface area (Å²) < 4.78 is 38.0. The van der Waals surface area contributed by atoms with Crippen LogP contribution in [-0.2, 0) is 12.6 Å². The first-order valence-electron chi connectivity index (χ1n) is 9.63. The van der Waals surface area contributed by atoms with Crippen molar-refractivity contribution >= 4 is 11.6 Å². The first-order valence-corrected chi connectivity index (χ1v) is 10.0. The number of halogens is 4. The molecule has 0 spiro atoms. The molecule has 1 unspecified atom stereocenters. The minimum absolute atomic E-state index is 0.494. The lowest BCUT2D eigenvalue weighted by Gasteiger charge is -2.34. The van der Waals surface area contributed by atoms with Gasteiger partial charge in [0.2, 0.25) is 0 Å². The van der Waals surface area contributed by atoms with Crippen molar-refractivity contribution in [2.75, 3.05) is 19.6 Å². The normalized spacial score (nSPS) is 19.5. The molecular formula is C22H25ClF3NO. The van der Waals surface area contributed by atoms with Crippen molar-refractivity contribution in [3.63, 3.8) is 0 Å². The standard InChI is InChI=1S/C22H25ClF3NO/c23-20-11-7-18(8-12-20)21(28)15-27-13-1-2-17(14-27)4-3-16-5-9-19(10-6-16)22(24,25)26/h5-12,17,21,28H,1-4,13-15H2/t17-,21?/m1/s1. The highest BCUT2D eigenvalue weighted by atomic mass is 35.5. The maximum absolute atomic E-state index is 12.7. The van der Waals surface area contributed by atoms with Gasteiger partial charge in [-0.2, -0.15) is 13.2 Å². The number of aliphatic hydroxyl groups excluding tert-OH is 1. The van der Waals surface area contributed by atoms with Gasteiger partial charge in [0.05, 0.1) is 11.7 Å². The van der Waals surface area contributed by atoms with E-state index in [1.807, 2.05) is 12.1 Å². The SMILES string of the molecule is OC(CN1CCC[C@H](CCc2ccc(C(F)(F)F)cc2)C1)c1ccc(Cl)cc1. The van der Waals surface area contributed by atoms with Crippen molar-refractivity contribution in [2.24, 2.45) is 5.92 Å². The molecule has 1 saturated heterocycles. The molecule has 1 N–H and O–H groups in total. The Labute approximate surface area is 168 Å². The monoisotopic (exact) mass is 411 g/mol. The first kappa shape index (κ1) is 21.2. The van der Waals surface area contributed by atoms with Gasteiger partial charge >= 0.3 is 6.18 Å². The highest BCUT2D eigenvalue weighted by Crippen LogP contribution is 2.30. The van der Waals surface area contributed by atoms with Crippen LogP contribution in [0, 0.1) is 5.92 Å². The van der Waals surface area contributed by atoms with Crippen LogP contribution in [-0.4, -0.2) is 29.6 Å². The van der Waals surface area contributed by atoms with E-state index in [9.17, 15) is 18.3 Å². The predicted molar refractivity (Wildman–Crippen MR) is 105 cm³/mol. The Bertz CT molecular complexity index is 746. The van der Waals surface area contributed by atoms with Gasteiger partial charge in [-0.3, -0.25) is 0 Å². The Morgan fingerprint density at radius 2 is 1.75 bits per heavy atom. The number of benzene rings is 2. The number of hydrogen-bond acceptors (Lipinski definition) is 2. The molecule has 28 heavy (non-hydrogen) atoms. The fraction of sp³-hybridized carbons (Fsp3) is 0.455. The lowest BCUT2D eigenvalue weighted by Crippen LogP contribution is -2.38. The molecule has 152 valence electrons. The molecule has 1 aliphatic heterocycles. The smallest absolute Gasteiger partial charge is 0.387 e. The number of rotatable bonds is 6. The van der Waals surface area contributed by atoms with E-state index in [1.165, 1.54) is 0 Å². The third-order valence-electron chi connectivity index (χ3n) is 5.41. The van der Waals surface area contributed by atoms with Crippen LogP contribution in [0.5, 0.6) is 0 Å². The molecule has 0 saturated carbocycles. The van der Waals surface area contributed by atoms with Crippen molar-refractivity contribution in [2.45, 2.75) is 38.0 Å². The molecule has 1 heterocycles. The Morgan fingerprint density at radius 3 is 2.39 bits per heavy atom. The summed E-state index contributed by atoms with van der Waals surface area (Å²) in [5.41, 5.74) is 1.19. The summed E-state index contributed by atoms with van der Waals surface area (Å²) in [6.45, 7) is 2.45. The van der Waals surface area contributed by atoms with Gasteiger partial charge in [0.1, 0.15) is 0 Å². The lowest BCUT2D eigenvalue weighted by atomic mass is 9.91. The van der Waals surface area contributed by atoms with E-state index >= 15 is 0 Å². The van der Waals surface area contributed by atoms with Gasteiger partial charge < -0.3 is 10.0 Å². The van der Waals surface area contributed by atoms with Crippen LogP contribution >= 0.6 is 11.6 Å². The lowest BCUT2D eigenvalue weighted by molar-refractivity contribution is -0.137. The second kappa shape index (κ2) is 9.29. The van der Waals surface area contributed by atoms with Gasteiger partial charge in [-0.05, 0) is 73.5 Å². The number of likely N-dealkylation sites (tertiary alicyclic amines) is 1. The van der Waals surface area contributed by atoms with Crippen molar-refractivity contribution in [3.05, 3.63) is 70.2 Å². The number of aliphatic hydroxyl groups is 1. The molecule has 1 aliphatic rings. The molecule has 1 fully saturated rings. The van der Waals surface area contributed by atoms with Gasteiger partial charge in [-0.15, -0.1) is 0 Å². The van der Waals surface area contributed by atoms with E-state index in [4.69, 9.17) is 11.6 Å². The van der Waals surface area contributed by atoms with Crippen LogP contribution in [0.3, 0.4) is 0 Å². The number of alkyl halides is 3. The minimum atomic E-state index is -4.28. The molecule has 6 heteroatoms. The second-order valence-corrected chi connectivity index (χ2v) is 8.00. The van der Waals surface area contributed by atoms with E-state index in [1.54, 1.807) is 24.3 Å². The van der Waals surface area contributed by atoms with Gasteiger partial charge in [0.25, 0.3) is 0 Å². The average molecular weight is 412 g/mol. The Balaban J connectivity index is 1.48. The van der Waals surface area contributed by atoms with E-state index in [2.05, 4.69) is 4.90 Å². The summed E-state index contributed by atoms with van der Waals surface area (Å²) >= 11 is 5.90. The zero-order chi connectivity index (χ0) is 20.1. The third-order valence-corrected chi connectivity index (χ3v) is 5.66. The summed E-state index contributed by atoms with van der Waals surface area (Å²) in [4.78, 5) is 2.28.